The lowest BCUT2D eigenvalue weighted by molar-refractivity contribution is 0.197. The minimum absolute atomic E-state index is 0.230. The van der Waals surface area contributed by atoms with Crippen molar-refractivity contribution in [2.24, 2.45) is 0 Å². The lowest BCUT2D eigenvalue weighted by Gasteiger charge is -2.15. The van der Waals surface area contributed by atoms with E-state index in [0.29, 0.717) is 18.0 Å². The molecule has 1 aromatic carbocycles. The summed E-state index contributed by atoms with van der Waals surface area (Å²) in [5.41, 5.74) is 1.58. The van der Waals surface area contributed by atoms with Crippen LogP contribution in [0.5, 0.6) is 5.75 Å². The molecule has 0 amide bonds. The van der Waals surface area contributed by atoms with Crippen molar-refractivity contribution in [2.45, 2.75) is 26.5 Å². The lowest BCUT2D eigenvalue weighted by Crippen LogP contribution is -2.11. The minimum Gasteiger partial charge on any atom is -0.493 e. The van der Waals surface area contributed by atoms with E-state index in [0.717, 1.165) is 5.56 Å². The molecule has 1 N–H and O–H groups in total. The van der Waals surface area contributed by atoms with Crippen molar-refractivity contribution in [1.29, 1.82) is 0 Å². The fraction of sp³-hybridized carbons (Fsp3) is 0.357. The van der Waals surface area contributed by atoms with Gasteiger partial charge in [-0.3, -0.25) is 4.68 Å². The molecule has 1 heterocycles. The number of nitrogens with zero attached hydrogens (tertiary/aromatic N) is 2. The first kappa shape index (κ1) is 13.5. The Morgan fingerprint density at radius 2 is 2.21 bits per heavy atom. The Hall–Kier alpha value is -1.88. The number of aliphatic hydroxyl groups is 1. The molecule has 4 nitrogen and oxygen atoms in total. The van der Waals surface area contributed by atoms with Crippen molar-refractivity contribution in [3.05, 3.63) is 47.0 Å². The van der Waals surface area contributed by atoms with Gasteiger partial charge in [0.05, 0.1) is 13.3 Å². The first-order valence-corrected chi connectivity index (χ1v) is 6.12. The van der Waals surface area contributed by atoms with E-state index >= 15 is 0 Å². The predicted octanol–water partition coefficient (Wildman–Crippen LogP) is 2.44. The molecule has 0 bridgehead atoms. The third-order valence-electron chi connectivity index (χ3n) is 3.07. The number of benzene rings is 1. The van der Waals surface area contributed by atoms with Crippen molar-refractivity contribution in [1.82, 2.24) is 9.78 Å². The van der Waals surface area contributed by atoms with E-state index in [1.54, 1.807) is 16.8 Å². The van der Waals surface area contributed by atoms with Gasteiger partial charge in [0.2, 0.25) is 0 Å². The third kappa shape index (κ3) is 2.46. The second kappa shape index (κ2) is 5.40. The maximum atomic E-state index is 13.9. The molecular formula is C14H17FN2O2. The molecule has 1 aromatic heterocycles. The zero-order valence-corrected chi connectivity index (χ0v) is 11.2. The van der Waals surface area contributed by atoms with Crippen LogP contribution in [0.3, 0.4) is 0 Å². The van der Waals surface area contributed by atoms with Crippen LogP contribution in [-0.4, -0.2) is 22.0 Å². The summed E-state index contributed by atoms with van der Waals surface area (Å²) < 4.78 is 20.6. The highest BCUT2D eigenvalue weighted by Gasteiger charge is 2.23. The fourth-order valence-electron chi connectivity index (χ4n) is 2.08. The molecule has 1 atom stereocenters. The van der Waals surface area contributed by atoms with Crippen molar-refractivity contribution < 1.29 is 14.2 Å². The summed E-state index contributed by atoms with van der Waals surface area (Å²) in [5, 5.41) is 14.5. The average molecular weight is 264 g/mol. The van der Waals surface area contributed by atoms with Gasteiger partial charge in [-0.05, 0) is 19.9 Å². The quantitative estimate of drug-likeness (QED) is 0.922. The van der Waals surface area contributed by atoms with Crippen LogP contribution in [0.25, 0.3) is 0 Å². The summed E-state index contributed by atoms with van der Waals surface area (Å²) in [6.07, 6.45) is 0.424. The fourth-order valence-corrected chi connectivity index (χ4v) is 2.08. The van der Waals surface area contributed by atoms with Crippen LogP contribution in [-0.2, 0) is 6.54 Å². The molecule has 19 heavy (non-hydrogen) atoms. The maximum absolute atomic E-state index is 13.9. The first-order chi connectivity index (χ1) is 9.08. The molecule has 0 radical (unpaired) electrons. The predicted molar refractivity (Wildman–Crippen MR) is 69.7 cm³/mol. The van der Waals surface area contributed by atoms with Crippen LogP contribution >= 0.6 is 0 Å². The number of hydrogen-bond acceptors (Lipinski definition) is 3. The molecule has 102 valence electrons. The molecule has 0 fully saturated rings. The number of aliphatic hydroxyl groups excluding tert-OH is 1. The van der Waals surface area contributed by atoms with Gasteiger partial charge in [0.25, 0.3) is 0 Å². The van der Waals surface area contributed by atoms with Crippen LogP contribution in [0.4, 0.5) is 4.39 Å². The van der Waals surface area contributed by atoms with Gasteiger partial charge in [-0.1, -0.05) is 17.7 Å². The number of aromatic nitrogens is 2. The number of hydrogen-bond donors (Lipinski definition) is 1. The smallest absolute Gasteiger partial charge is 0.163 e. The highest BCUT2D eigenvalue weighted by atomic mass is 19.1. The van der Waals surface area contributed by atoms with Crippen molar-refractivity contribution in [3.63, 3.8) is 0 Å². The zero-order valence-electron chi connectivity index (χ0n) is 11.2. The highest BCUT2D eigenvalue weighted by Crippen LogP contribution is 2.31. The molecule has 0 aliphatic carbocycles. The molecule has 5 heteroatoms. The summed E-state index contributed by atoms with van der Waals surface area (Å²) in [6, 6.07) is 4.65. The Balaban J connectivity index is 2.51. The monoisotopic (exact) mass is 264 g/mol. The van der Waals surface area contributed by atoms with E-state index in [1.165, 1.54) is 19.4 Å². The van der Waals surface area contributed by atoms with E-state index < -0.39 is 11.9 Å². The van der Waals surface area contributed by atoms with E-state index in [1.807, 2.05) is 13.8 Å². The SMILES string of the molecule is CCn1ncc(OC)c1C(O)c1cc(C)ccc1F. The number of aryl methyl sites for hydroxylation is 2. The van der Waals surface area contributed by atoms with E-state index in [-0.39, 0.29) is 5.56 Å². The number of ether oxygens (including phenoxy) is 1. The third-order valence-corrected chi connectivity index (χ3v) is 3.07. The first-order valence-electron chi connectivity index (χ1n) is 6.12. The van der Waals surface area contributed by atoms with Gasteiger partial charge in [0.1, 0.15) is 17.6 Å². The van der Waals surface area contributed by atoms with Gasteiger partial charge in [0, 0.05) is 12.1 Å². The van der Waals surface area contributed by atoms with Crippen LogP contribution in [0.15, 0.2) is 24.4 Å². The van der Waals surface area contributed by atoms with Crippen LogP contribution < -0.4 is 4.74 Å². The van der Waals surface area contributed by atoms with Crippen LogP contribution in [0, 0.1) is 12.7 Å². The van der Waals surface area contributed by atoms with Gasteiger partial charge in [-0.25, -0.2) is 4.39 Å². The average Bonchev–Trinajstić information content (AvgIpc) is 2.83. The topological polar surface area (TPSA) is 47.3 Å². The Labute approximate surface area is 111 Å². The second-order valence-corrected chi connectivity index (χ2v) is 4.34. The minimum atomic E-state index is -1.10. The number of methoxy groups -OCH3 is 1. The van der Waals surface area contributed by atoms with Gasteiger partial charge in [-0.2, -0.15) is 5.10 Å². The van der Waals surface area contributed by atoms with E-state index in [2.05, 4.69) is 5.10 Å². The second-order valence-electron chi connectivity index (χ2n) is 4.34. The molecule has 2 rings (SSSR count). The van der Waals surface area contributed by atoms with E-state index in [9.17, 15) is 9.50 Å². The van der Waals surface area contributed by atoms with Crippen LogP contribution in [0.2, 0.25) is 0 Å². The summed E-state index contributed by atoms with van der Waals surface area (Å²) in [6.45, 7) is 4.32. The maximum Gasteiger partial charge on any atom is 0.163 e. The summed E-state index contributed by atoms with van der Waals surface area (Å²) in [5.74, 6) is 0.0132. The van der Waals surface area contributed by atoms with Crippen LogP contribution in [0.1, 0.15) is 29.8 Å². The summed E-state index contributed by atoms with van der Waals surface area (Å²) >= 11 is 0. The standard InChI is InChI=1S/C14H17FN2O2/c1-4-17-13(12(19-3)8-16-17)14(18)10-7-9(2)5-6-11(10)15/h5-8,14,18H,4H2,1-3H3. The molecular weight excluding hydrogens is 247 g/mol. The molecule has 0 saturated carbocycles. The van der Waals surface area contributed by atoms with Gasteiger partial charge in [0.15, 0.2) is 5.75 Å². The van der Waals surface area contributed by atoms with Gasteiger partial charge < -0.3 is 9.84 Å². The lowest BCUT2D eigenvalue weighted by atomic mass is 10.0. The number of rotatable bonds is 4. The molecule has 2 aromatic rings. The van der Waals surface area contributed by atoms with Crippen molar-refractivity contribution >= 4 is 0 Å². The normalized spacial score (nSPS) is 12.5. The highest BCUT2D eigenvalue weighted by molar-refractivity contribution is 5.37. The zero-order chi connectivity index (χ0) is 14.0. The van der Waals surface area contributed by atoms with Crippen molar-refractivity contribution in [2.75, 3.05) is 7.11 Å². The Kier molecular flexibility index (Phi) is 3.85. The molecule has 0 saturated heterocycles. The Morgan fingerprint density at radius 1 is 1.47 bits per heavy atom. The van der Waals surface area contributed by atoms with E-state index in [4.69, 9.17) is 4.74 Å². The largest absolute Gasteiger partial charge is 0.493 e. The molecule has 0 aliphatic heterocycles. The Morgan fingerprint density at radius 3 is 2.84 bits per heavy atom. The van der Waals surface area contributed by atoms with Crippen molar-refractivity contribution in [3.8, 4) is 5.75 Å². The molecule has 1 unspecified atom stereocenters. The molecule has 0 aliphatic rings. The molecule has 0 spiro atoms. The van der Waals surface area contributed by atoms with Gasteiger partial charge >= 0.3 is 0 Å². The summed E-state index contributed by atoms with van der Waals surface area (Å²) in [7, 11) is 1.50. The Bertz CT molecular complexity index is 559. The summed E-state index contributed by atoms with van der Waals surface area (Å²) in [4.78, 5) is 0. The van der Waals surface area contributed by atoms with Gasteiger partial charge in [-0.15, -0.1) is 0 Å². The number of halogens is 1.